The number of benzene rings is 1. The number of methoxy groups -OCH3 is 1. The van der Waals surface area contributed by atoms with E-state index in [-0.39, 0.29) is 0 Å². The van der Waals surface area contributed by atoms with E-state index in [9.17, 15) is 13.2 Å². The van der Waals surface area contributed by atoms with Crippen LogP contribution in [0.4, 0.5) is 13.2 Å². The van der Waals surface area contributed by atoms with E-state index in [4.69, 9.17) is 4.74 Å². The largest absolute Gasteiger partial charge is 0.574 e. The first-order valence-electron chi connectivity index (χ1n) is 5.34. The summed E-state index contributed by atoms with van der Waals surface area (Å²) in [6.45, 7) is 0. The van der Waals surface area contributed by atoms with Crippen molar-refractivity contribution >= 4 is 0 Å². The van der Waals surface area contributed by atoms with Crippen molar-refractivity contribution in [2.45, 2.75) is 6.36 Å². The lowest BCUT2D eigenvalue weighted by Gasteiger charge is -2.08. The number of alkyl halides is 3. The quantitative estimate of drug-likeness (QED) is 0.852. The highest BCUT2D eigenvalue weighted by molar-refractivity contribution is 5.63. The predicted octanol–water partition coefficient (Wildman–Crippen LogP) is 3.66. The van der Waals surface area contributed by atoms with Gasteiger partial charge in [-0.2, -0.15) is 0 Å². The van der Waals surface area contributed by atoms with Crippen molar-refractivity contribution in [3.05, 3.63) is 42.6 Å². The molecule has 1 heterocycles. The van der Waals surface area contributed by atoms with Crippen LogP contribution in [0.5, 0.6) is 11.6 Å². The Morgan fingerprint density at radius 2 is 1.58 bits per heavy atom. The summed E-state index contributed by atoms with van der Waals surface area (Å²) in [5, 5.41) is 0. The topological polar surface area (TPSA) is 31.4 Å². The molecule has 1 aromatic heterocycles. The summed E-state index contributed by atoms with van der Waals surface area (Å²) in [5.74, 6) is 0.221. The number of ether oxygens (including phenoxy) is 2. The van der Waals surface area contributed by atoms with Crippen LogP contribution < -0.4 is 9.47 Å². The van der Waals surface area contributed by atoms with Gasteiger partial charge in [0.05, 0.1) is 7.11 Å². The highest BCUT2D eigenvalue weighted by Gasteiger charge is 2.31. The molecule has 2 aromatic rings. The number of pyridine rings is 1. The Labute approximate surface area is 107 Å². The molecule has 0 fully saturated rings. The van der Waals surface area contributed by atoms with Gasteiger partial charge in [0.25, 0.3) is 0 Å². The van der Waals surface area contributed by atoms with Crippen molar-refractivity contribution in [3.8, 4) is 22.8 Å². The van der Waals surface area contributed by atoms with Crippen LogP contribution in [0.2, 0.25) is 0 Å². The van der Waals surface area contributed by atoms with Crippen LogP contribution in [-0.2, 0) is 0 Å². The van der Waals surface area contributed by atoms with Gasteiger partial charge in [0, 0.05) is 17.8 Å². The molecule has 1 aromatic carbocycles. The molecule has 0 aliphatic carbocycles. The number of halogens is 3. The highest BCUT2D eigenvalue weighted by atomic mass is 19.4. The normalized spacial score (nSPS) is 11.2. The highest BCUT2D eigenvalue weighted by Crippen LogP contribution is 2.25. The molecule has 0 amide bonds. The molecule has 0 radical (unpaired) electrons. The van der Waals surface area contributed by atoms with Gasteiger partial charge in [-0.3, -0.25) is 0 Å². The third-order valence-corrected chi connectivity index (χ3v) is 2.38. The second kappa shape index (κ2) is 5.17. The lowest BCUT2D eigenvalue weighted by Crippen LogP contribution is -2.17. The Morgan fingerprint density at radius 1 is 0.947 bits per heavy atom. The van der Waals surface area contributed by atoms with Gasteiger partial charge < -0.3 is 9.47 Å². The van der Waals surface area contributed by atoms with Gasteiger partial charge in [0.15, 0.2) is 0 Å². The number of nitrogens with zero attached hydrogens (tertiary/aromatic N) is 1. The molecule has 3 nitrogen and oxygen atoms in total. The monoisotopic (exact) mass is 269 g/mol. The zero-order valence-electron chi connectivity index (χ0n) is 9.94. The van der Waals surface area contributed by atoms with Crippen LogP contribution in [0, 0.1) is 0 Å². The fourth-order valence-electron chi connectivity index (χ4n) is 1.51. The average Bonchev–Trinajstić information content (AvgIpc) is 2.38. The molecule has 0 atom stereocenters. The van der Waals surface area contributed by atoms with Gasteiger partial charge in [-0.1, -0.05) is 12.1 Å². The molecule has 0 aliphatic rings. The summed E-state index contributed by atoms with van der Waals surface area (Å²) < 4.78 is 44.6. The smallest absolute Gasteiger partial charge is 0.497 e. The van der Waals surface area contributed by atoms with E-state index in [0.29, 0.717) is 11.3 Å². The molecule has 2 rings (SSSR count). The van der Waals surface area contributed by atoms with Gasteiger partial charge in [0.2, 0.25) is 5.88 Å². The van der Waals surface area contributed by atoms with Gasteiger partial charge in [-0.25, -0.2) is 4.98 Å². The Bertz CT molecular complexity index is 535. The average molecular weight is 269 g/mol. The summed E-state index contributed by atoms with van der Waals surface area (Å²) in [6.07, 6.45) is -3.41. The molecule has 0 unspecified atom stereocenters. The van der Waals surface area contributed by atoms with E-state index in [2.05, 4.69) is 9.72 Å². The molecule has 6 heteroatoms. The summed E-state index contributed by atoms with van der Waals surface area (Å²) in [5.41, 5.74) is 1.52. The summed E-state index contributed by atoms with van der Waals surface area (Å²) in [4.78, 5) is 3.61. The second-order valence-electron chi connectivity index (χ2n) is 3.66. The summed E-state index contributed by atoms with van der Waals surface area (Å²) in [7, 11) is 1.56. The van der Waals surface area contributed by atoms with Crippen LogP contribution in [0.15, 0.2) is 42.6 Å². The van der Waals surface area contributed by atoms with Gasteiger partial charge in [-0.15, -0.1) is 13.2 Å². The van der Waals surface area contributed by atoms with Crippen LogP contribution in [0.3, 0.4) is 0 Å². The minimum absolute atomic E-state index is 0.482. The Hall–Kier alpha value is -2.24. The Morgan fingerprint density at radius 3 is 2.05 bits per heavy atom. The maximum atomic E-state index is 12.0. The SMILES string of the molecule is COc1ccc(-c2ccc(OC(F)(F)F)nc2)cc1. The van der Waals surface area contributed by atoms with Crippen molar-refractivity contribution < 1.29 is 22.6 Å². The molecule has 0 saturated carbocycles. The maximum Gasteiger partial charge on any atom is 0.574 e. The first-order valence-corrected chi connectivity index (χ1v) is 5.34. The first kappa shape index (κ1) is 13.2. The maximum absolute atomic E-state index is 12.0. The molecule has 0 saturated heterocycles. The Kier molecular flexibility index (Phi) is 3.59. The summed E-state index contributed by atoms with van der Waals surface area (Å²) in [6, 6.07) is 9.79. The predicted molar refractivity (Wildman–Crippen MR) is 62.9 cm³/mol. The third-order valence-electron chi connectivity index (χ3n) is 2.38. The van der Waals surface area contributed by atoms with Crippen molar-refractivity contribution in [2.75, 3.05) is 7.11 Å². The van der Waals surface area contributed by atoms with E-state index in [1.807, 2.05) is 0 Å². The van der Waals surface area contributed by atoms with Gasteiger partial charge in [-0.05, 0) is 23.8 Å². The van der Waals surface area contributed by atoms with Crippen molar-refractivity contribution in [1.82, 2.24) is 4.98 Å². The third kappa shape index (κ3) is 3.61. The van der Waals surface area contributed by atoms with Crippen LogP contribution in [-0.4, -0.2) is 18.5 Å². The minimum atomic E-state index is -4.73. The number of aromatic nitrogens is 1. The van der Waals surface area contributed by atoms with Gasteiger partial charge >= 0.3 is 6.36 Å². The van der Waals surface area contributed by atoms with Gasteiger partial charge in [0.1, 0.15) is 5.75 Å². The summed E-state index contributed by atoms with van der Waals surface area (Å²) >= 11 is 0. The molecule has 0 spiro atoms. The zero-order valence-corrected chi connectivity index (χ0v) is 9.94. The van der Waals surface area contributed by atoms with Crippen LogP contribution in [0.25, 0.3) is 11.1 Å². The fourth-order valence-corrected chi connectivity index (χ4v) is 1.51. The number of rotatable bonds is 3. The van der Waals surface area contributed by atoms with Crippen LogP contribution in [0.1, 0.15) is 0 Å². The lowest BCUT2D eigenvalue weighted by molar-refractivity contribution is -0.276. The van der Waals surface area contributed by atoms with Crippen molar-refractivity contribution in [1.29, 1.82) is 0 Å². The molecule has 100 valence electrons. The van der Waals surface area contributed by atoms with E-state index in [1.54, 1.807) is 31.4 Å². The van der Waals surface area contributed by atoms with E-state index in [1.165, 1.54) is 18.3 Å². The molecule has 19 heavy (non-hydrogen) atoms. The van der Waals surface area contributed by atoms with E-state index >= 15 is 0 Å². The Balaban J connectivity index is 2.17. The lowest BCUT2D eigenvalue weighted by atomic mass is 10.1. The fraction of sp³-hybridized carbons (Fsp3) is 0.154. The molecule has 0 aliphatic heterocycles. The molecule has 0 N–H and O–H groups in total. The number of hydrogen-bond acceptors (Lipinski definition) is 3. The molecular weight excluding hydrogens is 259 g/mol. The van der Waals surface area contributed by atoms with Crippen molar-refractivity contribution in [3.63, 3.8) is 0 Å². The van der Waals surface area contributed by atoms with Crippen molar-refractivity contribution in [2.24, 2.45) is 0 Å². The minimum Gasteiger partial charge on any atom is -0.497 e. The van der Waals surface area contributed by atoms with E-state index < -0.39 is 12.2 Å². The standard InChI is InChI=1S/C13H10F3NO2/c1-18-11-5-2-9(3-6-11)10-4-7-12(17-8-10)19-13(14,15)16/h2-8H,1H3. The van der Waals surface area contributed by atoms with E-state index in [0.717, 1.165) is 5.56 Å². The molecule has 0 bridgehead atoms. The first-order chi connectivity index (χ1) is 8.98. The molecular formula is C13H10F3NO2. The zero-order chi connectivity index (χ0) is 13.9. The number of hydrogen-bond donors (Lipinski definition) is 0. The van der Waals surface area contributed by atoms with Crippen LogP contribution >= 0.6 is 0 Å². The second-order valence-corrected chi connectivity index (χ2v) is 3.66.